The summed E-state index contributed by atoms with van der Waals surface area (Å²) < 4.78 is 15.4. The maximum atomic E-state index is 13.7. The van der Waals surface area contributed by atoms with Gasteiger partial charge in [0.15, 0.2) is 11.0 Å². The van der Waals surface area contributed by atoms with Gasteiger partial charge in [0.25, 0.3) is 17.5 Å². The molecule has 2 aromatic heterocycles. The van der Waals surface area contributed by atoms with Gasteiger partial charge < -0.3 is 5.32 Å². The fourth-order valence-electron chi connectivity index (χ4n) is 4.85. The number of benzene rings is 3. The van der Waals surface area contributed by atoms with Gasteiger partial charge in [-0.1, -0.05) is 47.6 Å². The van der Waals surface area contributed by atoms with Gasteiger partial charge in [-0.15, -0.1) is 21.5 Å². The number of nitro benzene ring substituents is 1. The predicted molar refractivity (Wildman–Crippen MR) is 173 cm³/mol. The molecule has 0 bridgehead atoms. The van der Waals surface area contributed by atoms with Gasteiger partial charge in [0.1, 0.15) is 5.82 Å². The first-order chi connectivity index (χ1) is 22.3. The van der Waals surface area contributed by atoms with Crippen molar-refractivity contribution in [2.45, 2.75) is 24.2 Å². The Bertz CT molecular complexity index is 1930. The Hall–Kier alpha value is -4.92. The third-order valence-electron chi connectivity index (χ3n) is 7.07. The molecule has 11 nitrogen and oxygen atoms in total. The first kappa shape index (κ1) is 31.1. The van der Waals surface area contributed by atoms with Crippen molar-refractivity contribution in [2.24, 2.45) is 5.10 Å². The number of thiophene rings is 1. The number of thioether (sulfide) groups is 1. The van der Waals surface area contributed by atoms with Crippen LogP contribution in [0.3, 0.4) is 0 Å². The van der Waals surface area contributed by atoms with Crippen LogP contribution in [0.25, 0.3) is 5.69 Å². The van der Waals surface area contributed by atoms with Gasteiger partial charge in [-0.3, -0.25) is 24.3 Å². The van der Waals surface area contributed by atoms with Gasteiger partial charge in [0.05, 0.1) is 39.5 Å². The van der Waals surface area contributed by atoms with Crippen LogP contribution in [-0.4, -0.2) is 48.0 Å². The molecule has 0 fully saturated rings. The molecule has 15 heteroatoms. The molecule has 0 spiro atoms. The molecule has 3 heterocycles. The number of hydrogen-bond donors (Lipinski definition) is 1. The van der Waals surface area contributed by atoms with Crippen LogP contribution in [0.5, 0.6) is 0 Å². The summed E-state index contributed by atoms with van der Waals surface area (Å²) in [5.41, 5.74) is 2.28. The highest BCUT2D eigenvalue weighted by Crippen LogP contribution is 2.35. The van der Waals surface area contributed by atoms with E-state index in [0.717, 1.165) is 27.9 Å². The van der Waals surface area contributed by atoms with Gasteiger partial charge in [0.2, 0.25) is 0 Å². The number of nitro groups is 1. The zero-order valence-electron chi connectivity index (χ0n) is 23.7. The highest BCUT2D eigenvalue weighted by Gasteiger charge is 2.33. The lowest BCUT2D eigenvalue weighted by Gasteiger charge is -2.22. The van der Waals surface area contributed by atoms with Gasteiger partial charge in [-0.25, -0.2) is 9.40 Å². The molecular weight excluding hydrogens is 653 g/mol. The molecule has 0 radical (unpaired) electrons. The van der Waals surface area contributed by atoms with Gasteiger partial charge >= 0.3 is 0 Å². The fraction of sp³-hybridized carbons (Fsp3) is 0.129. The number of carbonyl (C=O) groups excluding carboxylic acids is 2. The summed E-state index contributed by atoms with van der Waals surface area (Å²) in [6.45, 7) is -0.0307. The van der Waals surface area contributed by atoms with Crippen LogP contribution in [0, 0.1) is 15.9 Å². The summed E-state index contributed by atoms with van der Waals surface area (Å²) in [7, 11) is 0. The number of nitrogens with zero attached hydrogens (tertiary/aromatic N) is 6. The fourth-order valence-corrected chi connectivity index (χ4v) is 6.58. The number of hydrazone groups is 1. The maximum Gasteiger partial charge on any atom is 0.269 e. The van der Waals surface area contributed by atoms with E-state index in [1.165, 1.54) is 52.7 Å². The first-order valence-electron chi connectivity index (χ1n) is 13.8. The van der Waals surface area contributed by atoms with Crippen LogP contribution in [0.1, 0.15) is 39.1 Å². The average molecular weight is 676 g/mol. The van der Waals surface area contributed by atoms with Crippen LogP contribution < -0.4 is 5.32 Å². The molecule has 0 unspecified atom stereocenters. The molecule has 232 valence electrons. The first-order valence-corrected chi connectivity index (χ1v) is 16.1. The molecule has 3 aromatic carbocycles. The Kier molecular flexibility index (Phi) is 9.19. The topological polar surface area (TPSA) is 136 Å². The molecule has 1 aliphatic heterocycles. The van der Waals surface area contributed by atoms with E-state index >= 15 is 0 Å². The second-order valence-corrected chi connectivity index (χ2v) is 12.3. The molecule has 0 aliphatic carbocycles. The van der Waals surface area contributed by atoms with Crippen LogP contribution in [0.2, 0.25) is 5.02 Å². The molecule has 2 amide bonds. The number of aromatic nitrogens is 3. The third kappa shape index (κ3) is 6.83. The SMILES string of the molecule is O=C(NCc1nnc(SCC(=O)N2N=C(c3cccs3)C[C@H]2c2ccc(F)cc2)n1-c1cccc(Cl)c1)c1ccc([N+](=O)[O-])cc1. The van der Waals surface area contributed by atoms with Gasteiger partial charge in [-0.2, -0.15) is 5.10 Å². The Morgan fingerprint density at radius 2 is 1.85 bits per heavy atom. The second-order valence-electron chi connectivity index (χ2n) is 10.0. The molecule has 6 rings (SSSR count). The number of non-ortho nitro benzene ring substituents is 1. The molecule has 1 aliphatic rings. The average Bonchev–Trinajstić information content (AvgIpc) is 3.83. The van der Waals surface area contributed by atoms with Crippen molar-refractivity contribution in [3.05, 3.63) is 133 Å². The smallest absolute Gasteiger partial charge is 0.269 e. The van der Waals surface area contributed by atoms with Crippen molar-refractivity contribution in [1.29, 1.82) is 0 Å². The monoisotopic (exact) mass is 675 g/mol. The van der Waals surface area contributed by atoms with Crippen molar-refractivity contribution in [3.63, 3.8) is 0 Å². The van der Waals surface area contributed by atoms with E-state index in [1.54, 1.807) is 41.0 Å². The zero-order valence-corrected chi connectivity index (χ0v) is 26.1. The highest BCUT2D eigenvalue weighted by molar-refractivity contribution is 7.99. The lowest BCUT2D eigenvalue weighted by molar-refractivity contribution is -0.384. The largest absolute Gasteiger partial charge is 0.345 e. The van der Waals surface area contributed by atoms with E-state index in [2.05, 4.69) is 20.6 Å². The number of carbonyl (C=O) groups is 2. The molecule has 0 saturated carbocycles. The van der Waals surface area contributed by atoms with Gasteiger partial charge in [-0.05, 0) is 59.5 Å². The molecule has 46 heavy (non-hydrogen) atoms. The lowest BCUT2D eigenvalue weighted by atomic mass is 10.0. The second kappa shape index (κ2) is 13.6. The zero-order chi connectivity index (χ0) is 32.2. The molecule has 5 aromatic rings. The molecular formula is C31H23ClFN7O4S2. The molecule has 1 N–H and O–H groups in total. The van der Waals surface area contributed by atoms with Crippen molar-refractivity contribution >= 4 is 57.9 Å². The van der Waals surface area contributed by atoms with E-state index in [-0.39, 0.29) is 35.3 Å². The summed E-state index contributed by atoms with van der Waals surface area (Å²) >= 11 is 8.97. The Labute approximate surface area is 274 Å². The quantitative estimate of drug-likeness (QED) is 0.102. The van der Waals surface area contributed by atoms with Crippen molar-refractivity contribution in [2.75, 3.05) is 5.75 Å². The Balaban J connectivity index is 1.22. The minimum absolute atomic E-state index is 0.0307. The summed E-state index contributed by atoms with van der Waals surface area (Å²) in [6, 6.07) is 21.7. The number of nitrogens with one attached hydrogen (secondary N) is 1. The van der Waals surface area contributed by atoms with E-state index in [9.17, 15) is 24.1 Å². The summed E-state index contributed by atoms with van der Waals surface area (Å²) in [6.07, 6.45) is 0.486. The van der Waals surface area contributed by atoms with Crippen molar-refractivity contribution < 1.29 is 18.9 Å². The predicted octanol–water partition coefficient (Wildman–Crippen LogP) is 6.43. The minimum atomic E-state index is -0.541. The normalized spacial score (nSPS) is 14.3. The number of amides is 2. The molecule has 1 atom stereocenters. The number of hydrogen-bond acceptors (Lipinski definition) is 9. The van der Waals surface area contributed by atoms with E-state index in [4.69, 9.17) is 11.6 Å². The standard InChI is InChI=1S/C31H23ClFN7O4S2/c32-21-3-1-4-24(15-21)38-28(17-34-30(42)20-8-12-23(13-9-20)40(43)44)35-36-31(38)46-18-29(41)39-26(19-6-10-22(33)11-7-19)16-25(37-39)27-5-2-14-45-27/h1-15,26H,16-18H2,(H,34,42)/t26-/m0/s1. The van der Waals surface area contributed by atoms with E-state index in [1.807, 2.05) is 17.5 Å². The summed E-state index contributed by atoms with van der Waals surface area (Å²) in [5, 5.41) is 31.2. The van der Waals surface area contributed by atoms with Crippen LogP contribution in [0.15, 0.2) is 101 Å². The van der Waals surface area contributed by atoms with E-state index in [0.29, 0.717) is 28.1 Å². The number of rotatable bonds is 10. The summed E-state index contributed by atoms with van der Waals surface area (Å²) in [5.74, 6) is -0.766. The lowest BCUT2D eigenvalue weighted by Crippen LogP contribution is -2.28. The highest BCUT2D eigenvalue weighted by atomic mass is 35.5. The van der Waals surface area contributed by atoms with Crippen LogP contribution in [0.4, 0.5) is 10.1 Å². The molecule has 0 saturated heterocycles. The minimum Gasteiger partial charge on any atom is -0.345 e. The Morgan fingerprint density at radius 1 is 1.07 bits per heavy atom. The van der Waals surface area contributed by atoms with Gasteiger partial charge in [0, 0.05) is 29.1 Å². The van der Waals surface area contributed by atoms with Crippen LogP contribution >= 0.6 is 34.7 Å². The number of halogens is 2. The third-order valence-corrected chi connectivity index (χ3v) is 9.13. The van der Waals surface area contributed by atoms with Crippen molar-refractivity contribution in [3.8, 4) is 5.69 Å². The summed E-state index contributed by atoms with van der Waals surface area (Å²) in [4.78, 5) is 37.8. The van der Waals surface area contributed by atoms with Crippen molar-refractivity contribution in [1.82, 2.24) is 25.1 Å². The maximum absolute atomic E-state index is 13.7. The van der Waals surface area contributed by atoms with E-state index < -0.39 is 16.9 Å². The Morgan fingerprint density at radius 3 is 2.54 bits per heavy atom. The van der Waals surface area contributed by atoms with Crippen LogP contribution in [-0.2, 0) is 11.3 Å².